The number of rotatable bonds is 4. The van der Waals surface area contributed by atoms with Gasteiger partial charge in [0.25, 0.3) is 11.8 Å². The van der Waals surface area contributed by atoms with Gasteiger partial charge in [0.2, 0.25) is 0 Å². The van der Waals surface area contributed by atoms with Gasteiger partial charge in [0.15, 0.2) is 5.76 Å². The number of hydrazone groups is 1. The van der Waals surface area contributed by atoms with Crippen LogP contribution in [0.15, 0.2) is 67.0 Å². The number of furan rings is 1. The Morgan fingerprint density at radius 1 is 0.824 bits per heavy atom. The summed E-state index contributed by atoms with van der Waals surface area (Å²) in [5.74, 6) is -0.634. The fourth-order valence-electron chi connectivity index (χ4n) is 3.62. The van der Waals surface area contributed by atoms with Crippen molar-refractivity contribution >= 4 is 55.3 Å². The fraction of sp³-hybridized carbons (Fsp3) is 0.167. The van der Waals surface area contributed by atoms with E-state index < -0.39 is 11.8 Å². The number of benzene rings is 2. The van der Waals surface area contributed by atoms with Crippen LogP contribution in [0, 0.1) is 6.92 Å². The van der Waals surface area contributed by atoms with Crippen molar-refractivity contribution in [2.24, 2.45) is 5.10 Å². The van der Waals surface area contributed by atoms with Gasteiger partial charge in [0.05, 0.1) is 5.71 Å². The Bertz CT molecular complexity index is 1280. The summed E-state index contributed by atoms with van der Waals surface area (Å²) in [6.07, 6.45) is 2.05. The lowest BCUT2D eigenvalue weighted by Crippen LogP contribution is -2.41. The van der Waals surface area contributed by atoms with Crippen LogP contribution in [0.2, 0.25) is 0 Å². The van der Waals surface area contributed by atoms with Crippen molar-refractivity contribution in [1.82, 2.24) is 16.3 Å². The highest BCUT2D eigenvalue weighted by molar-refractivity contribution is 9.10. The van der Waals surface area contributed by atoms with Crippen LogP contribution in [0.5, 0.6) is 0 Å². The Kier molecular flexibility index (Phi) is 7.28. The molecule has 0 saturated carbocycles. The molecule has 3 N–H and O–H groups in total. The number of hydrogen-bond donors (Lipinski definition) is 3. The third kappa shape index (κ3) is 5.28. The van der Waals surface area contributed by atoms with Gasteiger partial charge in [-0.2, -0.15) is 5.10 Å². The molecule has 174 valence electrons. The molecule has 0 bridgehead atoms. The maximum absolute atomic E-state index is 12.7. The van der Waals surface area contributed by atoms with Crippen molar-refractivity contribution in [2.75, 3.05) is 0 Å². The minimum atomic E-state index is -0.574. The zero-order valence-corrected chi connectivity index (χ0v) is 21.2. The average molecular weight is 588 g/mol. The Labute approximate surface area is 212 Å². The van der Waals surface area contributed by atoms with Gasteiger partial charge in [-0.3, -0.25) is 25.2 Å². The molecule has 1 heterocycles. The first-order valence-electron chi connectivity index (χ1n) is 10.4. The molecule has 0 radical (unpaired) electrons. The largest absolute Gasteiger partial charge is 0.455 e. The van der Waals surface area contributed by atoms with Gasteiger partial charge in [0.1, 0.15) is 5.76 Å². The number of nitrogens with zero attached hydrogens (tertiary/aromatic N) is 1. The van der Waals surface area contributed by atoms with E-state index in [1.807, 2.05) is 0 Å². The molecule has 8 nitrogen and oxygen atoms in total. The Morgan fingerprint density at radius 2 is 1.38 bits per heavy atom. The number of hydrazine groups is 1. The van der Waals surface area contributed by atoms with Crippen molar-refractivity contribution < 1.29 is 18.8 Å². The lowest BCUT2D eigenvalue weighted by atomic mass is 9.93. The average Bonchev–Trinajstić information content (AvgIpc) is 3.18. The predicted octanol–water partition coefficient (Wildman–Crippen LogP) is 4.66. The molecule has 34 heavy (non-hydrogen) atoms. The van der Waals surface area contributed by atoms with Crippen LogP contribution in [-0.4, -0.2) is 23.4 Å². The first-order chi connectivity index (χ1) is 16.3. The summed E-state index contributed by atoms with van der Waals surface area (Å²) in [5, 5.41) is 4.32. The van der Waals surface area contributed by atoms with Crippen LogP contribution in [0.1, 0.15) is 61.0 Å². The van der Waals surface area contributed by atoms with Gasteiger partial charge in [-0.15, -0.1) is 0 Å². The van der Waals surface area contributed by atoms with Crippen molar-refractivity contribution in [3.05, 3.63) is 91.3 Å². The SMILES string of the molecule is Cc1c(C(=O)NNC(=O)c2ccc(Br)cc2)oc2c1/C(=N/NC(=O)c1ccc(Br)cc1)CCC2. The number of nitrogens with one attached hydrogen (secondary N) is 3. The van der Waals surface area contributed by atoms with Crippen LogP contribution in [0.25, 0.3) is 0 Å². The summed E-state index contributed by atoms with van der Waals surface area (Å²) in [6, 6.07) is 13.7. The summed E-state index contributed by atoms with van der Waals surface area (Å²) in [6.45, 7) is 1.76. The molecule has 3 aromatic rings. The van der Waals surface area contributed by atoms with Gasteiger partial charge >= 0.3 is 5.91 Å². The molecule has 0 fully saturated rings. The molecule has 1 aliphatic carbocycles. The number of carbonyl (C=O) groups excluding carboxylic acids is 3. The predicted molar refractivity (Wildman–Crippen MR) is 134 cm³/mol. The molecule has 1 aromatic heterocycles. The van der Waals surface area contributed by atoms with Crippen molar-refractivity contribution in [3.8, 4) is 0 Å². The van der Waals surface area contributed by atoms with Gasteiger partial charge in [-0.1, -0.05) is 31.9 Å². The first-order valence-corrected chi connectivity index (χ1v) is 12.0. The number of hydrogen-bond acceptors (Lipinski definition) is 5. The highest BCUT2D eigenvalue weighted by atomic mass is 79.9. The number of carbonyl (C=O) groups is 3. The summed E-state index contributed by atoms with van der Waals surface area (Å²) >= 11 is 6.65. The van der Waals surface area contributed by atoms with Gasteiger partial charge in [-0.25, -0.2) is 5.43 Å². The summed E-state index contributed by atoms with van der Waals surface area (Å²) < 4.78 is 7.54. The monoisotopic (exact) mass is 586 g/mol. The second-order valence-electron chi connectivity index (χ2n) is 7.63. The van der Waals surface area contributed by atoms with E-state index in [9.17, 15) is 14.4 Å². The second-order valence-corrected chi connectivity index (χ2v) is 9.46. The number of aryl methyl sites for hydroxylation is 1. The number of fused-ring (bicyclic) bond motifs is 1. The molecule has 1 aliphatic rings. The number of halogens is 2. The molecular weight excluding hydrogens is 568 g/mol. The normalized spacial score (nSPS) is 13.8. The highest BCUT2D eigenvalue weighted by Gasteiger charge is 2.28. The standard InChI is InChI=1S/C24H20Br2N4O4/c1-13-20-18(27-28-22(31)14-5-9-16(25)10-6-14)3-2-4-19(20)34-21(13)24(33)30-29-23(32)15-7-11-17(26)12-8-15/h5-12H,2-4H2,1H3,(H,28,31)(H,29,32)(H,30,33)/b27-18+. The van der Waals surface area contributed by atoms with Gasteiger partial charge in [0, 0.05) is 37.6 Å². The van der Waals surface area contributed by atoms with Crippen LogP contribution in [0.3, 0.4) is 0 Å². The van der Waals surface area contributed by atoms with Crippen LogP contribution in [-0.2, 0) is 6.42 Å². The Morgan fingerprint density at radius 3 is 2.00 bits per heavy atom. The molecule has 0 atom stereocenters. The molecular formula is C24H20Br2N4O4. The van der Waals surface area contributed by atoms with Gasteiger partial charge in [-0.05, 0) is 68.3 Å². The van der Waals surface area contributed by atoms with Crippen LogP contribution < -0.4 is 16.3 Å². The maximum Gasteiger partial charge on any atom is 0.305 e. The van der Waals surface area contributed by atoms with Crippen molar-refractivity contribution in [2.45, 2.75) is 26.2 Å². The lowest BCUT2D eigenvalue weighted by Gasteiger charge is -2.13. The van der Waals surface area contributed by atoms with E-state index in [4.69, 9.17) is 4.42 Å². The molecule has 0 aliphatic heterocycles. The summed E-state index contributed by atoms with van der Waals surface area (Å²) in [5.41, 5.74) is 10.2. The zero-order valence-electron chi connectivity index (χ0n) is 18.1. The molecule has 0 unspecified atom stereocenters. The summed E-state index contributed by atoms with van der Waals surface area (Å²) in [4.78, 5) is 37.4. The van der Waals surface area contributed by atoms with Crippen molar-refractivity contribution in [1.29, 1.82) is 0 Å². The molecule has 10 heteroatoms. The molecule has 0 saturated heterocycles. The van der Waals surface area contributed by atoms with E-state index in [0.717, 1.165) is 15.4 Å². The van der Waals surface area contributed by atoms with Crippen LogP contribution in [0.4, 0.5) is 0 Å². The molecule has 3 amide bonds. The minimum Gasteiger partial charge on any atom is -0.455 e. The topological polar surface area (TPSA) is 113 Å². The van der Waals surface area contributed by atoms with E-state index in [1.54, 1.807) is 55.5 Å². The van der Waals surface area contributed by atoms with Crippen LogP contribution >= 0.6 is 31.9 Å². The third-order valence-corrected chi connectivity index (χ3v) is 6.38. The second kappa shape index (κ2) is 10.4. The smallest absolute Gasteiger partial charge is 0.305 e. The zero-order chi connectivity index (χ0) is 24.2. The van der Waals surface area contributed by atoms with E-state index >= 15 is 0 Å². The molecule has 4 rings (SSSR count). The molecule has 2 aromatic carbocycles. The van der Waals surface area contributed by atoms with E-state index in [2.05, 4.69) is 53.2 Å². The van der Waals surface area contributed by atoms with E-state index in [1.165, 1.54) is 0 Å². The Hall–Kier alpha value is -3.24. The fourth-order valence-corrected chi connectivity index (χ4v) is 4.15. The van der Waals surface area contributed by atoms with E-state index in [0.29, 0.717) is 46.6 Å². The quantitative estimate of drug-likeness (QED) is 0.385. The summed E-state index contributed by atoms with van der Waals surface area (Å²) in [7, 11) is 0. The van der Waals surface area contributed by atoms with Crippen molar-refractivity contribution in [3.63, 3.8) is 0 Å². The van der Waals surface area contributed by atoms with E-state index in [-0.39, 0.29) is 11.7 Å². The molecule has 0 spiro atoms. The lowest BCUT2D eigenvalue weighted by molar-refractivity contribution is 0.0829. The van der Waals surface area contributed by atoms with Gasteiger partial charge < -0.3 is 4.42 Å². The third-order valence-electron chi connectivity index (χ3n) is 5.33. The highest BCUT2D eigenvalue weighted by Crippen LogP contribution is 2.29. The first kappa shape index (κ1) is 23.9. The minimum absolute atomic E-state index is 0.0925. The Balaban J connectivity index is 1.47. The maximum atomic E-state index is 12.7. The number of amides is 3.